The van der Waals surface area contributed by atoms with Crippen LogP contribution in [0, 0.1) is 29.6 Å². The number of aromatic amines is 2. The van der Waals surface area contributed by atoms with Crippen LogP contribution in [0.25, 0.3) is 22.3 Å². The van der Waals surface area contributed by atoms with Gasteiger partial charge in [0.15, 0.2) is 0 Å². The zero-order valence-electron chi connectivity index (χ0n) is 32.0. The molecule has 8 rings (SSSR count). The highest BCUT2D eigenvalue weighted by Gasteiger charge is 2.42. The number of nitrogens with zero attached hydrogens (tertiary/aromatic N) is 4. The van der Waals surface area contributed by atoms with E-state index in [1.807, 2.05) is 58.5 Å². The molecule has 13 nitrogen and oxygen atoms in total. The molecule has 4 aliphatic rings. The van der Waals surface area contributed by atoms with E-state index in [0.717, 1.165) is 109 Å². The maximum atomic E-state index is 13.8. The van der Waals surface area contributed by atoms with Crippen LogP contribution in [-0.2, 0) is 23.9 Å². The molecule has 4 aromatic rings. The van der Waals surface area contributed by atoms with Gasteiger partial charge in [0.2, 0.25) is 11.8 Å². The molecule has 0 unspecified atom stereocenters. The number of H-pyrrole nitrogens is 2. The fourth-order valence-corrected chi connectivity index (χ4v) is 9.39. The number of esters is 1. The smallest absolute Gasteiger partial charge is 0.407 e. The SMILES string of the molecule is COC(=O)C[C@H]1CCC[C@@H]1C(=O)N1CCC[C@H]1c1nc2ccc(C#Cc3ccc(-c4cnc([C@@H]5CCCN5C(=O)[C@H]5CCC[C@@H]5NC(=O)OC)[nH]4)cc3)cc2[nH]1. The molecule has 2 aliphatic heterocycles. The summed E-state index contributed by atoms with van der Waals surface area (Å²) in [5.74, 6) is 7.70. The Labute approximate surface area is 326 Å². The van der Waals surface area contributed by atoms with Gasteiger partial charge in [-0.1, -0.05) is 36.8 Å². The second kappa shape index (κ2) is 16.2. The monoisotopic (exact) mass is 759 g/mol. The first-order valence-electron chi connectivity index (χ1n) is 20.0. The summed E-state index contributed by atoms with van der Waals surface area (Å²) in [6.45, 7) is 1.36. The third kappa shape index (κ3) is 7.61. The Bertz CT molecular complexity index is 2170. The molecule has 2 aromatic heterocycles. The minimum absolute atomic E-state index is 0.0321. The fourth-order valence-electron chi connectivity index (χ4n) is 9.39. The van der Waals surface area contributed by atoms with Crippen LogP contribution in [0.5, 0.6) is 0 Å². The average molecular weight is 760 g/mol. The largest absolute Gasteiger partial charge is 0.469 e. The molecule has 2 saturated heterocycles. The van der Waals surface area contributed by atoms with Crippen molar-refractivity contribution in [3.63, 3.8) is 0 Å². The van der Waals surface area contributed by atoms with Crippen molar-refractivity contribution in [2.75, 3.05) is 27.3 Å². The van der Waals surface area contributed by atoms with Crippen LogP contribution in [0.1, 0.15) is 105 Å². The molecular weight excluding hydrogens is 711 g/mol. The summed E-state index contributed by atoms with van der Waals surface area (Å²) in [7, 11) is 2.74. The second-order valence-electron chi connectivity index (χ2n) is 15.6. The Balaban J connectivity index is 0.910. The lowest BCUT2D eigenvalue weighted by Crippen LogP contribution is -2.45. The summed E-state index contributed by atoms with van der Waals surface area (Å²) < 4.78 is 9.68. The van der Waals surface area contributed by atoms with Gasteiger partial charge in [-0.25, -0.2) is 14.8 Å². The van der Waals surface area contributed by atoms with Gasteiger partial charge >= 0.3 is 12.1 Å². The van der Waals surface area contributed by atoms with Crippen LogP contribution in [0.2, 0.25) is 0 Å². The van der Waals surface area contributed by atoms with Crippen molar-refractivity contribution in [2.45, 2.75) is 88.8 Å². The normalized spacial score (nSPS) is 24.6. The van der Waals surface area contributed by atoms with Gasteiger partial charge in [-0.05, 0) is 93.2 Å². The Morgan fingerprint density at radius 3 is 2.20 bits per heavy atom. The summed E-state index contributed by atoms with van der Waals surface area (Å²) in [4.78, 5) is 71.7. The lowest BCUT2D eigenvalue weighted by Gasteiger charge is -2.29. The number of benzene rings is 2. The Kier molecular flexibility index (Phi) is 10.8. The number of methoxy groups -OCH3 is 2. The molecule has 6 atom stereocenters. The van der Waals surface area contributed by atoms with E-state index in [1.165, 1.54) is 14.2 Å². The van der Waals surface area contributed by atoms with Crippen LogP contribution < -0.4 is 5.32 Å². The maximum Gasteiger partial charge on any atom is 0.407 e. The van der Waals surface area contributed by atoms with Crippen molar-refractivity contribution in [3.8, 4) is 23.1 Å². The van der Waals surface area contributed by atoms with Crippen LogP contribution in [0.15, 0.2) is 48.7 Å². The molecule has 0 bridgehead atoms. The number of likely N-dealkylation sites (tertiary alicyclic amines) is 2. The van der Waals surface area contributed by atoms with E-state index in [0.29, 0.717) is 19.5 Å². The standard InChI is InChI=1S/C43H49N7O6/c1-55-38(51)24-29-7-3-8-30(29)41(52)50-22-6-12-37(50)40-45-33-20-17-27(23-34(33)46-40)14-13-26-15-18-28(19-16-26)35-25-44-39(47-35)36-11-5-21-49(36)42(53)31-9-4-10-32(31)48-43(54)56-2/h15-20,23,25,29-32,36-37H,3-12,21-22,24H2,1-2H3,(H,44,47)(H,45,46)(H,48,54)/t29-,30+,31+,32+,36+,37+/m1/s1. The van der Waals surface area contributed by atoms with Crippen molar-refractivity contribution < 1.29 is 28.7 Å². The van der Waals surface area contributed by atoms with Crippen LogP contribution in [0.4, 0.5) is 4.79 Å². The summed E-state index contributed by atoms with van der Waals surface area (Å²) in [5.41, 5.74) is 5.28. The van der Waals surface area contributed by atoms with Gasteiger partial charge in [0.25, 0.3) is 0 Å². The molecule has 3 amide bonds. The number of hydrogen-bond acceptors (Lipinski definition) is 8. The molecule has 0 spiro atoms. The van der Waals surface area contributed by atoms with Gasteiger partial charge in [-0.3, -0.25) is 14.4 Å². The van der Waals surface area contributed by atoms with Gasteiger partial charge in [-0.15, -0.1) is 0 Å². The van der Waals surface area contributed by atoms with E-state index < -0.39 is 6.09 Å². The quantitative estimate of drug-likeness (QED) is 0.142. The van der Waals surface area contributed by atoms with Gasteiger partial charge in [0.05, 0.1) is 55.1 Å². The Morgan fingerprint density at radius 2 is 1.45 bits per heavy atom. The molecule has 4 heterocycles. The van der Waals surface area contributed by atoms with Gasteiger partial charge in [0, 0.05) is 42.6 Å². The number of carbonyl (C=O) groups excluding carboxylic acids is 4. The minimum Gasteiger partial charge on any atom is -0.469 e. The third-order valence-electron chi connectivity index (χ3n) is 12.3. The predicted octanol–water partition coefficient (Wildman–Crippen LogP) is 6.18. The van der Waals surface area contributed by atoms with Crippen molar-refractivity contribution in [2.24, 2.45) is 17.8 Å². The van der Waals surface area contributed by atoms with Crippen LogP contribution >= 0.6 is 0 Å². The number of hydrogen-bond donors (Lipinski definition) is 3. The first-order valence-corrected chi connectivity index (χ1v) is 20.0. The summed E-state index contributed by atoms with van der Waals surface area (Å²) in [6.07, 6.45) is 10.2. The second-order valence-corrected chi connectivity index (χ2v) is 15.6. The number of amides is 3. The highest BCUT2D eigenvalue weighted by molar-refractivity contribution is 5.83. The van der Waals surface area contributed by atoms with E-state index in [-0.39, 0.29) is 53.7 Å². The first-order chi connectivity index (χ1) is 27.3. The Morgan fingerprint density at radius 1 is 0.768 bits per heavy atom. The number of rotatable bonds is 8. The van der Waals surface area contributed by atoms with Crippen molar-refractivity contribution in [1.29, 1.82) is 0 Å². The molecule has 3 N–H and O–H groups in total. The molecular formula is C43H49N7O6. The summed E-state index contributed by atoms with van der Waals surface area (Å²) in [6, 6.07) is 13.5. The zero-order valence-corrected chi connectivity index (χ0v) is 32.0. The molecule has 2 aliphatic carbocycles. The lowest BCUT2D eigenvalue weighted by molar-refractivity contribution is -0.144. The van der Waals surface area contributed by atoms with Crippen LogP contribution in [0.3, 0.4) is 0 Å². The van der Waals surface area contributed by atoms with Crippen molar-refractivity contribution in [1.82, 2.24) is 35.1 Å². The Hall–Kier alpha value is -5.64. The van der Waals surface area contributed by atoms with E-state index in [1.54, 1.807) is 0 Å². The fraction of sp³-hybridized carbons (Fsp3) is 0.488. The van der Waals surface area contributed by atoms with Crippen molar-refractivity contribution >= 4 is 34.9 Å². The highest BCUT2D eigenvalue weighted by Crippen LogP contribution is 2.40. The van der Waals surface area contributed by atoms with E-state index in [4.69, 9.17) is 19.4 Å². The number of imidazole rings is 2. The highest BCUT2D eigenvalue weighted by atomic mass is 16.5. The maximum absolute atomic E-state index is 13.8. The molecule has 0 radical (unpaired) electrons. The molecule has 13 heteroatoms. The average Bonchev–Trinajstić information content (AvgIpc) is 4.07. The number of ether oxygens (including phenoxy) is 2. The van der Waals surface area contributed by atoms with Gasteiger partial charge in [-0.2, -0.15) is 0 Å². The molecule has 56 heavy (non-hydrogen) atoms. The molecule has 2 saturated carbocycles. The third-order valence-corrected chi connectivity index (χ3v) is 12.3. The van der Waals surface area contributed by atoms with Crippen LogP contribution in [-0.4, -0.2) is 87.0 Å². The van der Waals surface area contributed by atoms with Crippen molar-refractivity contribution in [3.05, 3.63) is 71.4 Å². The number of carbonyl (C=O) groups is 4. The summed E-state index contributed by atoms with van der Waals surface area (Å²) >= 11 is 0. The van der Waals surface area contributed by atoms with Gasteiger partial charge in [0.1, 0.15) is 11.6 Å². The van der Waals surface area contributed by atoms with Gasteiger partial charge < -0.3 is 34.6 Å². The predicted molar refractivity (Wildman–Crippen MR) is 208 cm³/mol. The number of alkyl carbamates (subject to hydrolysis) is 1. The molecule has 4 fully saturated rings. The number of nitrogens with one attached hydrogen (secondary N) is 3. The van der Waals surface area contributed by atoms with E-state index >= 15 is 0 Å². The first kappa shape index (κ1) is 37.3. The number of fused-ring (bicyclic) bond motifs is 1. The minimum atomic E-state index is -0.499. The zero-order chi connectivity index (χ0) is 38.8. The van der Waals surface area contributed by atoms with E-state index in [2.05, 4.69) is 27.1 Å². The topological polar surface area (TPSA) is 163 Å². The molecule has 2 aromatic carbocycles. The number of aromatic nitrogens is 4. The molecule has 292 valence electrons. The summed E-state index contributed by atoms with van der Waals surface area (Å²) in [5, 5.41) is 2.86. The van der Waals surface area contributed by atoms with E-state index in [9.17, 15) is 19.2 Å². The lowest BCUT2D eigenvalue weighted by atomic mass is 9.91.